The van der Waals surface area contributed by atoms with E-state index in [2.05, 4.69) is 47.9 Å². The molecule has 25 heavy (non-hydrogen) atoms. The molecular weight excluding hydrogens is 312 g/mol. The summed E-state index contributed by atoms with van der Waals surface area (Å²) in [4.78, 5) is 0. The van der Waals surface area contributed by atoms with Gasteiger partial charge in [0.2, 0.25) is 0 Å². The van der Waals surface area contributed by atoms with E-state index in [9.17, 15) is 0 Å². The van der Waals surface area contributed by atoms with Crippen molar-refractivity contribution in [2.24, 2.45) is 0 Å². The highest BCUT2D eigenvalue weighted by atomic mass is 16.5. The van der Waals surface area contributed by atoms with Crippen molar-refractivity contribution in [3.05, 3.63) is 65.7 Å². The van der Waals surface area contributed by atoms with Crippen molar-refractivity contribution in [3.8, 4) is 5.75 Å². The van der Waals surface area contributed by atoms with E-state index < -0.39 is 0 Å². The van der Waals surface area contributed by atoms with Gasteiger partial charge in [-0.2, -0.15) is 0 Å². The van der Waals surface area contributed by atoms with E-state index in [1.54, 1.807) is 14.2 Å². The lowest BCUT2D eigenvalue weighted by Crippen LogP contribution is -2.44. The second-order valence-electron chi connectivity index (χ2n) is 6.10. The molecule has 0 radical (unpaired) electrons. The summed E-state index contributed by atoms with van der Waals surface area (Å²) in [7, 11) is 3.46. The molecule has 0 bridgehead atoms. The Morgan fingerprint density at radius 3 is 2.32 bits per heavy atom. The minimum atomic E-state index is 0.156. The molecule has 4 heteroatoms. The van der Waals surface area contributed by atoms with Gasteiger partial charge in [-0.1, -0.05) is 55.5 Å². The number of rotatable bonds is 11. The van der Waals surface area contributed by atoms with Crippen LogP contribution in [0.4, 0.5) is 0 Å². The highest BCUT2D eigenvalue weighted by molar-refractivity contribution is 5.33. The van der Waals surface area contributed by atoms with Gasteiger partial charge in [-0.05, 0) is 24.6 Å². The molecule has 2 N–H and O–H groups in total. The Labute approximate surface area is 151 Å². The van der Waals surface area contributed by atoms with Gasteiger partial charge in [-0.15, -0.1) is 0 Å². The maximum absolute atomic E-state index is 5.50. The monoisotopic (exact) mass is 342 g/mol. The van der Waals surface area contributed by atoms with Gasteiger partial charge in [0, 0.05) is 25.3 Å². The van der Waals surface area contributed by atoms with Crippen molar-refractivity contribution >= 4 is 0 Å². The zero-order valence-electron chi connectivity index (χ0n) is 15.5. The average Bonchev–Trinajstić information content (AvgIpc) is 2.67. The van der Waals surface area contributed by atoms with Gasteiger partial charge in [-0.25, -0.2) is 0 Å². The fourth-order valence-corrected chi connectivity index (χ4v) is 3.00. The summed E-state index contributed by atoms with van der Waals surface area (Å²) in [6, 6.07) is 19.0. The molecule has 136 valence electrons. The molecule has 2 aromatic rings. The summed E-state index contributed by atoms with van der Waals surface area (Å²) in [6.07, 6.45) is 1.09. The van der Waals surface area contributed by atoms with Crippen molar-refractivity contribution in [1.82, 2.24) is 10.6 Å². The average molecular weight is 342 g/mol. The highest BCUT2D eigenvalue weighted by Crippen LogP contribution is 2.20. The number of ether oxygens (including phenoxy) is 2. The van der Waals surface area contributed by atoms with Crippen LogP contribution in [0.25, 0.3) is 0 Å². The zero-order chi connectivity index (χ0) is 17.9. The molecule has 0 saturated carbocycles. The molecule has 0 amide bonds. The van der Waals surface area contributed by atoms with Crippen LogP contribution in [-0.2, 0) is 11.3 Å². The van der Waals surface area contributed by atoms with Gasteiger partial charge in [0.05, 0.1) is 19.8 Å². The maximum Gasteiger partial charge on any atom is 0.123 e. The van der Waals surface area contributed by atoms with Crippen LogP contribution in [0.15, 0.2) is 54.6 Å². The van der Waals surface area contributed by atoms with Crippen molar-refractivity contribution in [1.29, 1.82) is 0 Å². The second kappa shape index (κ2) is 10.9. The molecule has 2 atom stereocenters. The molecule has 2 rings (SSSR count). The van der Waals surface area contributed by atoms with Crippen molar-refractivity contribution in [2.75, 3.05) is 27.4 Å². The molecule has 0 aliphatic heterocycles. The Morgan fingerprint density at radius 1 is 0.920 bits per heavy atom. The third kappa shape index (κ3) is 5.85. The topological polar surface area (TPSA) is 42.5 Å². The molecule has 0 saturated heterocycles. The van der Waals surface area contributed by atoms with Crippen LogP contribution in [0, 0.1) is 0 Å². The van der Waals surface area contributed by atoms with E-state index in [1.165, 1.54) is 5.56 Å². The predicted octanol–water partition coefficient (Wildman–Crippen LogP) is 3.54. The first-order valence-electron chi connectivity index (χ1n) is 8.92. The van der Waals surface area contributed by atoms with Gasteiger partial charge >= 0.3 is 0 Å². The number of hydrogen-bond acceptors (Lipinski definition) is 4. The molecule has 2 aromatic carbocycles. The standard InChI is InChI=1S/C21H30N2O2/c1-4-14-22-21(17-10-6-5-7-11-17)19(16-24-2)23-15-18-12-8-9-13-20(18)25-3/h5-13,19,21-23H,4,14-16H2,1-3H3. The van der Waals surface area contributed by atoms with Gasteiger partial charge < -0.3 is 20.1 Å². The summed E-state index contributed by atoms with van der Waals surface area (Å²) >= 11 is 0. The van der Waals surface area contributed by atoms with E-state index in [0.29, 0.717) is 6.61 Å². The summed E-state index contributed by atoms with van der Waals surface area (Å²) in [5, 5.41) is 7.31. The Hall–Kier alpha value is -1.88. The lowest BCUT2D eigenvalue weighted by atomic mass is 9.99. The lowest BCUT2D eigenvalue weighted by molar-refractivity contribution is 0.146. The fourth-order valence-electron chi connectivity index (χ4n) is 3.00. The number of methoxy groups -OCH3 is 2. The predicted molar refractivity (Wildman–Crippen MR) is 103 cm³/mol. The molecule has 0 aromatic heterocycles. The van der Waals surface area contributed by atoms with E-state index in [0.717, 1.165) is 30.8 Å². The molecule has 4 nitrogen and oxygen atoms in total. The normalized spacial score (nSPS) is 13.4. The van der Waals surface area contributed by atoms with Crippen LogP contribution >= 0.6 is 0 Å². The Bertz CT molecular complexity index is 604. The van der Waals surface area contributed by atoms with Crippen molar-refractivity contribution in [3.63, 3.8) is 0 Å². The minimum Gasteiger partial charge on any atom is -0.496 e. The molecular formula is C21H30N2O2. The molecule has 0 aliphatic rings. The number of hydrogen-bond donors (Lipinski definition) is 2. The van der Waals surface area contributed by atoms with Crippen LogP contribution in [0.2, 0.25) is 0 Å². The van der Waals surface area contributed by atoms with Crippen LogP contribution in [-0.4, -0.2) is 33.4 Å². The SMILES string of the molecule is CCCNC(c1ccccc1)C(COC)NCc1ccccc1OC. The van der Waals surface area contributed by atoms with E-state index in [1.807, 2.05) is 24.3 Å². The maximum atomic E-state index is 5.50. The number of benzene rings is 2. The van der Waals surface area contributed by atoms with Gasteiger partial charge in [0.1, 0.15) is 5.75 Å². The molecule has 0 aliphatic carbocycles. The zero-order valence-corrected chi connectivity index (χ0v) is 15.5. The minimum absolute atomic E-state index is 0.156. The van der Waals surface area contributed by atoms with Crippen LogP contribution in [0.1, 0.15) is 30.5 Å². The quantitative estimate of drug-likeness (QED) is 0.655. The van der Waals surface area contributed by atoms with Crippen LogP contribution in [0.3, 0.4) is 0 Å². The van der Waals surface area contributed by atoms with Crippen LogP contribution in [0.5, 0.6) is 5.75 Å². The van der Waals surface area contributed by atoms with E-state index >= 15 is 0 Å². The molecule has 2 unspecified atom stereocenters. The highest BCUT2D eigenvalue weighted by Gasteiger charge is 2.22. The van der Waals surface area contributed by atoms with Crippen molar-refractivity contribution < 1.29 is 9.47 Å². The Balaban J connectivity index is 2.14. The first kappa shape index (κ1) is 19.4. The van der Waals surface area contributed by atoms with E-state index in [-0.39, 0.29) is 12.1 Å². The first-order chi connectivity index (χ1) is 12.3. The number of para-hydroxylation sites is 1. The summed E-state index contributed by atoms with van der Waals surface area (Å²) in [6.45, 7) is 4.51. The number of nitrogens with one attached hydrogen (secondary N) is 2. The van der Waals surface area contributed by atoms with E-state index in [4.69, 9.17) is 9.47 Å². The third-order valence-corrected chi connectivity index (χ3v) is 4.27. The van der Waals surface area contributed by atoms with Crippen LogP contribution < -0.4 is 15.4 Å². The second-order valence-corrected chi connectivity index (χ2v) is 6.10. The summed E-state index contributed by atoms with van der Waals surface area (Å²) in [5.74, 6) is 0.906. The first-order valence-corrected chi connectivity index (χ1v) is 8.92. The van der Waals surface area contributed by atoms with Gasteiger partial charge in [-0.3, -0.25) is 0 Å². The summed E-state index contributed by atoms with van der Waals surface area (Å²) < 4.78 is 11.0. The smallest absolute Gasteiger partial charge is 0.123 e. The van der Waals surface area contributed by atoms with Gasteiger partial charge in [0.25, 0.3) is 0 Å². The third-order valence-electron chi connectivity index (χ3n) is 4.27. The Kier molecular flexibility index (Phi) is 8.46. The molecule has 0 heterocycles. The lowest BCUT2D eigenvalue weighted by Gasteiger charge is -2.29. The molecule has 0 spiro atoms. The molecule has 0 fully saturated rings. The van der Waals surface area contributed by atoms with Crippen molar-refractivity contribution in [2.45, 2.75) is 32.0 Å². The largest absolute Gasteiger partial charge is 0.496 e. The van der Waals surface area contributed by atoms with Gasteiger partial charge in [0.15, 0.2) is 0 Å². The fraction of sp³-hybridized carbons (Fsp3) is 0.429. The summed E-state index contributed by atoms with van der Waals surface area (Å²) in [5.41, 5.74) is 2.42. The Morgan fingerprint density at radius 2 is 1.64 bits per heavy atom.